The van der Waals surface area contributed by atoms with Crippen LogP contribution in [0.25, 0.3) is 0 Å². The predicted octanol–water partition coefficient (Wildman–Crippen LogP) is 2.38. The number of carbonyl (C=O) groups is 2. The molecule has 0 fully saturated rings. The Morgan fingerprint density at radius 3 is 2.36 bits per heavy atom. The van der Waals surface area contributed by atoms with Gasteiger partial charge >= 0.3 is 0 Å². The van der Waals surface area contributed by atoms with Crippen molar-refractivity contribution in [3.05, 3.63) is 41.7 Å². The van der Waals surface area contributed by atoms with Crippen LogP contribution < -0.4 is 15.4 Å². The molecule has 0 bridgehead atoms. The molecule has 0 aliphatic heterocycles. The van der Waals surface area contributed by atoms with Gasteiger partial charge in [0.25, 0.3) is 0 Å². The number of likely N-dealkylation sites (N-methyl/N-ethyl adjacent to an activating group) is 1. The van der Waals surface area contributed by atoms with Crippen LogP contribution in [-0.4, -0.2) is 49.1 Å². The van der Waals surface area contributed by atoms with Crippen LogP contribution in [0, 0.1) is 12.8 Å². The zero-order valence-electron chi connectivity index (χ0n) is 17.0. The molecule has 2 aromatic rings. The highest BCUT2D eigenvalue weighted by atomic mass is 16.5. The Bertz CT molecular complexity index is 786. The Balaban J connectivity index is 1.87. The lowest BCUT2D eigenvalue weighted by molar-refractivity contribution is -0.123. The second kappa shape index (κ2) is 9.89. The molecule has 0 spiro atoms. The molecule has 0 radical (unpaired) electrons. The maximum absolute atomic E-state index is 12.5. The van der Waals surface area contributed by atoms with Crippen LogP contribution in [0.5, 0.6) is 5.75 Å². The third-order valence-corrected chi connectivity index (χ3v) is 4.18. The van der Waals surface area contributed by atoms with Gasteiger partial charge in [-0.3, -0.25) is 14.5 Å². The number of rotatable bonds is 9. The molecule has 0 saturated carbocycles. The molecule has 1 heterocycles. The zero-order chi connectivity index (χ0) is 20.7. The van der Waals surface area contributed by atoms with Gasteiger partial charge in [0.2, 0.25) is 11.8 Å². The van der Waals surface area contributed by atoms with Crippen molar-refractivity contribution in [2.24, 2.45) is 5.92 Å². The maximum atomic E-state index is 12.5. The van der Waals surface area contributed by atoms with Gasteiger partial charge < -0.3 is 19.9 Å². The van der Waals surface area contributed by atoms with Gasteiger partial charge in [-0.1, -0.05) is 31.1 Å². The SMILES string of the molecule is COc1ccc([C@H](NC(=O)CN(C)CC(=O)Nc2cc(C)on2)C(C)C)cc1. The minimum Gasteiger partial charge on any atom is -0.497 e. The molecule has 1 aromatic heterocycles. The van der Waals surface area contributed by atoms with Gasteiger partial charge in [-0.25, -0.2) is 0 Å². The number of aromatic nitrogens is 1. The summed E-state index contributed by atoms with van der Waals surface area (Å²) in [6, 6.07) is 9.14. The number of amides is 2. The molecule has 1 aromatic carbocycles. The molecule has 0 saturated heterocycles. The molecule has 2 amide bonds. The van der Waals surface area contributed by atoms with E-state index in [0.717, 1.165) is 11.3 Å². The maximum Gasteiger partial charge on any atom is 0.239 e. The molecule has 1 atom stereocenters. The van der Waals surface area contributed by atoms with Crippen LogP contribution in [0.3, 0.4) is 0 Å². The monoisotopic (exact) mass is 388 g/mol. The normalized spacial score (nSPS) is 12.1. The van der Waals surface area contributed by atoms with Crippen LogP contribution in [0.1, 0.15) is 31.2 Å². The van der Waals surface area contributed by atoms with E-state index in [-0.39, 0.29) is 36.9 Å². The lowest BCUT2D eigenvalue weighted by atomic mass is 9.96. The fourth-order valence-corrected chi connectivity index (χ4v) is 2.82. The molecule has 28 heavy (non-hydrogen) atoms. The first-order valence-electron chi connectivity index (χ1n) is 9.13. The number of methoxy groups -OCH3 is 1. The topological polar surface area (TPSA) is 96.7 Å². The van der Waals surface area contributed by atoms with Gasteiger partial charge in [0.1, 0.15) is 11.5 Å². The highest BCUT2D eigenvalue weighted by molar-refractivity contribution is 5.91. The van der Waals surface area contributed by atoms with Crippen LogP contribution in [0.15, 0.2) is 34.9 Å². The van der Waals surface area contributed by atoms with Crippen molar-refractivity contribution < 1.29 is 18.8 Å². The van der Waals surface area contributed by atoms with E-state index < -0.39 is 0 Å². The smallest absolute Gasteiger partial charge is 0.239 e. The average molecular weight is 388 g/mol. The minimum atomic E-state index is -0.265. The van der Waals surface area contributed by atoms with E-state index >= 15 is 0 Å². The van der Waals surface area contributed by atoms with Gasteiger partial charge in [0.05, 0.1) is 26.2 Å². The zero-order valence-corrected chi connectivity index (χ0v) is 17.0. The van der Waals surface area contributed by atoms with Crippen molar-refractivity contribution in [3.8, 4) is 5.75 Å². The van der Waals surface area contributed by atoms with Crippen molar-refractivity contribution in [3.63, 3.8) is 0 Å². The highest BCUT2D eigenvalue weighted by Crippen LogP contribution is 2.23. The van der Waals surface area contributed by atoms with Crippen LogP contribution >= 0.6 is 0 Å². The number of aryl methyl sites for hydroxylation is 1. The molecule has 8 heteroatoms. The summed E-state index contributed by atoms with van der Waals surface area (Å²) in [5.41, 5.74) is 1.01. The van der Waals surface area contributed by atoms with Crippen molar-refractivity contribution in [1.82, 2.24) is 15.4 Å². The Labute approximate surface area is 165 Å². The highest BCUT2D eigenvalue weighted by Gasteiger charge is 2.20. The summed E-state index contributed by atoms with van der Waals surface area (Å²) in [4.78, 5) is 26.2. The summed E-state index contributed by atoms with van der Waals surface area (Å²) in [5, 5.41) is 9.40. The molecule has 0 unspecified atom stereocenters. The average Bonchev–Trinajstić information content (AvgIpc) is 3.03. The van der Waals surface area contributed by atoms with Crippen molar-refractivity contribution >= 4 is 17.6 Å². The number of hydrogen-bond acceptors (Lipinski definition) is 6. The summed E-state index contributed by atoms with van der Waals surface area (Å²) in [6.45, 7) is 6.00. The van der Waals surface area contributed by atoms with E-state index in [1.165, 1.54) is 0 Å². The molecule has 2 N–H and O–H groups in total. The minimum absolute atomic E-state index is 0.0637. The van der Waals surface area contributed by atoms with Crippen LogP contribution in [0.4, 0.5) is 5.82 Å². The second-order valence-corrected chi connectivity index (χ2v) is 7.11. The number of nitrogens with zero attached hydrogens (tertiary/aromatic N) is 2. The van der Waals surface area contributed by atoms with Crippen LogP contribution in [0.2, 0.25) is 0 Å². The molecule has 152 valence electrons. The van der Waals surface area contributed by atoms with Gasteiger partial charge in [0, 0.05) is 6.07 Å². The Morgan fingerprint density at radius 2 is 1.82 bits per heavy atom. The number of ether oxygens (including phenoxy) is 1. The molecular weight excluding hydrogens is 360 g/mol. The number of nitrogens with one attached hydrogen (secondary N) is 2. The van der Waals surface area contributed by atoms with Crippen molar-refractivity contribution in [1.29, 1.82) is 0 Å². The van der Waals surface area contributed by atoms with Gasteiger partial charge in [-0.05, 0) is 37.6 Å². The van der Waals surface area contributed by atoms with E-state index in [0.29, 0.717) is 11.6 Å². The third-order valence-electron chi connectivity index (χ3n) is 4.18. The first-order valence-corrected chi connectivity index (χ1v) is 9.13. The number of anilines is 1. The van der Waals surface area contributed by atoms with E-state index in [1.54, 1.807) is 32.0 Å². The van der Waals surface area contributed by atoms with E-state index in [9.17, 15) is 9.59 Å². The summed E-state index contributed by atoms with van der Waals surface area (Å²) >= 11 is 0. The van der Waals surface area contributed by atoms with Crippen LogP contribution in [-0.2, 0) is 9.59 Å². The fraction of sp³-hybridized carbons (Fsp3) is 0.450. The summed E-state index contributed by atoms with van der Waals surface area (Å²) < 4.78 is 10.1. The Kier molecular flexibility index (Phi) is 7.57. The van der Waals surface area contributed by atoms with Crippen molar-refractivity contribution in [2.75, 3.05) is 32.6 Å². The molecule has 2 rings (SSSR count). The molecule has 0 aliphatic carbocycles. The Morgan fingerprint density at radius 1 is 1.18 bits per heavy atom. The van der Waals surface area contributed by atoms with Crippen molar-refractivity contribution in [2.45, 2.75) is 26.8 Å². The van der Waals surface area contributed by atoms with Gasteiger partial charge in [-0.15, -0.1) is 0 Å². The summed E-state index contributed by atoms with van der Waals surface area (Å²) in [6.07, 6.45) is 0. The molecule has 0 aliphatic rings. The fourth-order valence-electron chi connectivity index (χ4n) is 2.82. The first-order chi connectivity index (χ1) is 13.3. The van der Waals surface area contributed by atoms with E-state index in [2.05, 4.69) is 15.8 Å². The lowest BCUT2D eigenvalue weighted by Crippen LogP contribution is -2.41. The largest absolute Gasteiger partial charge is 0.497 e. The summed E-state index contributed by atoms with van der Waals surface area (Å²) in [7, 11) is 3.33. The van der Waals surface area contributed by atoms with Gasteiger partial charge in [0.15, 0.2) is 5.82 Å². The molecule has 8 nitrogen and oxygen atoms in total. The second-order valence-electron chi connectivity index (χ2n) is 7.11. The predicted molar refractivity (Wildman–Crippen MR) is 106 cm³/mol. The number of benzene rings is 1. The number of carbonyl (C=O) groups excluding carboxylic acids is 2. The Hall–Kier alpha value is -2.87. The van der Waals surface area contributed by atoms with Gasteiger partial charge in [-0.2, -0.15) is 0 Å². The lowest BCUT2D eigenvalue weighted by Gasteiger charge is -2.24. The number of hydrogen-bond donors (Lipinski definition) is 2. The summed E-state index contributed by atoms with van der Waals surface area (Å²) in [5.74, 6) is 1.54. The quantitative estimate of drug-likeness (QED) is 0.685. The molecular formula is C20H28N4O4. The third kappa shape index (κ3) is 6.38. The van der Waals surface area contributed by atoms with E-state index in [4.69, 9.17) is 9.26 Å². The van der Waals surface area contributed by atoms with E-state index in [1.807, 2.05) is 38.1 Å². The standard InChI is InChI=1S/C20H28N4O4/c1-13(2)20(15-6-8-16(27-5)9-7-15)22-19(26)12-24(4)11-18(25)21-17-10-14(3)28-23-17/h6-10,13,20H,11-12H2,1-5H3,(H,22,26)(H,21,23,25)/t20-/m1/s1. The first kappa shape index (κ1) is 21.4.